The second-order valence-electron chi connectivity index (χ2n) is 10.2. The summed E-state index contributed by atoms with van der Waals surface area (Å²) in [6.07, 6.45) is 4.61. The Morgan fingerprint density at radius 3 is 2.53 bits per heavy atom. The molecule has 0 bridgehead atoms. The van der Waals surface area contributed by atoms with Gasteiger partial charge in [0.05, 0.1) is 25.4 Å². The summed E-state index contributed by atoms with van der Waals surface area (Å²) in [6, 6.07) is 15.2. The van der Waals surface area contributed by atoms with Gasteiger partial charge in [-0.2, -0.15) is 0 Å². The third kappa shape index (κ3) is 5.08. The van der Waals surface area contributed by atoms with Gasteiger partial charge in [0.25, 0.3) is 0 Å². The Morgan fingerprint density at radius 2 is 1.88 bits per heavy atom. The molecule has 2 aliphatic rings. The number of benzene rings is 2. The quantitative estimate of drug-likeness (QED) is 0.616. The van der Waals surface area contributed by atoms with E-state index in [1.165, 1.54) is 12.8 Å². The number of ether oxygens (including phenoxy) is 2. The van der Waals surface area contributed by atoms with Crippen molar-refractivity contribution in [1.82, 2.24) is 4.90 Å². The van der Waals surface area contributed by atoms with Crippen LogP contribution in [-0.2, 0) is 11.2 Å². The molecule has 1 aliphatic carbocycles. The van der Waals surface area contributed by atoms with Crippen LogP contribution in [0.2, 0.25) is 0 Å². The monoisotopic (exact) mass is 466 g/mol. The molecule has 4 atom stereocenters. The van der Waals surface area contributed by atoms with Gasteiger partial charge < -0.3 is 25.2 Å². The van der Waals surface area contributed by atoms with Gasteiger partial charge in [-0.25, -0.2) is 0 Å². The predicted molar refractivity (Wildman–Crippen MR) is 133 cm³/mol. The van der Waals surface area contributed by atoms with Crippen molar-refractivity contribution in [3.63, 3.8) is 0 Å². The minimum Gasteiger partial charge on any atom is -0.493 e. The van der Waals surface area contributed by atoms with Gasteiger partial charge in [-0.3, -0.25) is 4.79 Å². The van der Waals surface area contributed by atoms with Crippen LogP contribution < -0.4 is 15.2 Å². The van der Waals surface area contributed by atoms with E-state index in [9.17, 15) is 9.90 Å². The van der Waals surface area contributed by atoms with Crippen molar-refractivity contribution in [3.8, 4) is 11.5 Å². The van der Waals surface area contributed by atoms with Crippen molar-refractivity contribution in [3.05, 3.63) is 59.7 Å². The summed E-state index contributed by atoms with van der Waals surface area (Å²) in [5.41, 5.74) is 7.93. The molecule has 0 aromatic heterocycles. The van der Waals surface area contributed by atoms with E-state index in [1.54, 1.807) is 7.11 Å². The number of aliphatic hydroxyl groups excluding tert-OH is 1. The van der Waals surface area contributed by atoms with E-state index in [0.717, 1.165) is 29.7 Å². The maximum absolute atomic E-state index is 13.3. The number of carbonyl (C=O) groups excluding carboxylic acids is 1. The summed E-state index contributed by atoms with van der Waals surface area (Å²) in [5, 5.41) is 10.8. The molecule has 3 N–H and O–H groups in total. The van der Waals surface area contributed by atoms with Crippen molar-refractivity contribution in [2.24, 2.45) is 11.1 Å². The number of amides is 1. The van der Waals surface area contributed by atoms with Crippen molar-refractivity contribution in [1.29, 1.82) is 0 Å². The first-order chi connectivity index (χ1) is 16.3. The Bertz CT molecular complexity index is 974. The first kappa shape index (κ1) is 24.6. The molecule has 2 aromatic rings. The van der Waals surface area contributed by atoms with Gasteiger partial charge in [0, 0.05) is 24.4 Å². The second kappa shape index (κ2) is 10.4. The van der Waals surface area contributed by atoms with Gasteiger partial charge in [0.1, 0.15) is 0 Å². The van der Waals surface area contributed by atoms with Gasteiger partial charge >= 0.3 is 0 Å². The average Bonchev–Trinajstić information content (AvgIpc) is 3.47. The lowest BCUT2D eigenvalue weighted by atomic mass is 9.72. The maximum Gasteiger partial charge on any atom is 0.239 e. The Kier molecular flexibility index (Phi) is 7.48. The summed E-state index contributed by atoms with van der Waals surface area (Å²) >= 11 is 0. The fraction of sp³-hybridized carbons (Fsp3) is 0.536. The molecule has 0 spiro atoms. The van der Waals surface area contributed by atoms with Gasteiger partial charge in [-0.15, -0.1) is 0 Å². The normalized spacial score (nSPS) is 24.7. The van der Waals surface area contributed by atoms with Crippen LogP contribution in [-0.4, -0.2) is 54.4 Å². The summed E-state index contributed by atoms with van der Waals surface area (Å²) in [4.78, 5) is 15.1. The van der Waals surface area contributed by atoms with Gasteiger partial charge in [-0.05, 0) is 62.3 Å². The molecule has 0 radical (unpaired) electrons. The van der Waals surface area contributed by atoms with Crippen LogP contribution in [0.4, 0.5) is 0 Å². The maximum atomic E-state index is 13.3. The SMILES string of the molecule is COc1ccc(C2CN(C(=O)[C@H](N)Cc3ccccc3)CC2(C)[C@@H](C)O)cc1OC1CCCC1. The number of nitrogens with zero attached hydrogens (tertiary/aromatic N) is 1. The van der Waals surface area contributed by atoms with Crippen LogP contribution >= 0.6 is 0 Å². The van der Waals surface area contributed by atoms with Crippen molar-refractivity contribution in [2.75, 3.05) is 20.2 Å². The number of aliphatic hydroxyl groups is 1. The molecule has 1 heterocycles. The number of likely N-dealkylation sites (tertiary alicyclic amines) is 1. The molecule has 6 nitrogen and oxygen atoms in total. The molecule has 2 fully saturated rings. The predicted octanol–water partition coefficient (Wildman–Crippen LogP) is 3.90. The third-order valence-corrected chi connectivity index (χ3v) is 7.80. The number of carbonyl (C=O) groups is 1. The highest BCUT2D eigenvalue weighted by Gasteiger charge is 2.49. The smallest absolute Gasteiger partial charge is 0.239 e. The molecule has 1 amide bonds. The van der Waals surface area contributed by atoms with Gasteiger partial charge in [0.2, 0.25) is 5.91 Å². The minimum atomic E-state index is -0.614. The molecule has 4 rings (SSSR count). The highest BCUT2D eigenvalue weighted by molar-refractivity contribution is 5.82. The first-order valence-corrected chi connectivity index (χ1v) is 12.4. The second-order valence-corrected chi connectivity index (χ2v) is 10.2. The third-order valence-electron chi connectivity index (χ3n) is 7.80. The molecule has 6 heteroatoms. The molecule has 1 aliphatic heterocycles. The van der Waals surface area contributed by atoms with E-state index in [2.05, 4.69) is 6.92 Å². The van der Waals surface area contributed by atoms with Crippen molar-refractivity contribution < 1.29 is 19.4 Å². The number of hydrogen-bond acceptors (Lipinski definition) is 5. The number of methoxy groups -OCH3 is 1. The van der Waals surface area contributed by atoms with Crippen molar-refractivity contribution in [2.45, 2.75) is 70.1 Å². The minimum absolute atomic E-state index is 0.0443. The lowest BCUT2D eigenvalue weighted by molar-refractivity contribution is -0.132. The average molecular weight is 467 g/mol. The van der Waals surface area contributed by atoms with Crippen LogP contribution in [0.5, 0.6) is 11.5 Å². The summed E-state index contributed by atoms with van der Waals surface area (Å²) in [5.74, 6) is 1.34. The Labute approximate surface area is 203 Å². The Hall–Kier alpha value is -2.57. The van der Waals surface area contributed by atoms with E-state index in [-0.39, 0.29) is 17.9 Å². The summed E-state index contributed by atoms with van der Waals surface area (Å²) in [6.45, 7) is 4.84. The van der Waals surface area contributed by atoms with E-state index >= 15 is 0 Å². The molecular weight excluding hydrogens is 428 g/mol. The fourth-order valence-electron chi connectivity index (χ4n) is 5.47. The van der Waals surface area contributed by atoms with E-state index < -0.39 is 17.6 Å². The van der Waals surface area contributed by atoms with Crippen LogP contribution in [0, 0.1) is 5.41 Å². The molecule has 184 valence electrons. The molecule has 2 aromatic carbocycles. The van der Waals surface area contributed by atoms with Crippen LogP contribution in [0.15, 0.2) is 48.5 Å². The standard InChI is InChI=1S/C28H38N2O4/c1-19(31)28(2)18-30(27(32)24(29)15-20-9-5-4-6-10-20)17-23(28)21-13-14-25(33-3)26(16-21)34-22-11-7-8-12-22/h4-6,9-10,13-14,16,19,22-24,31H,7-8,11-12,15,17-18,29H2,1-3H3/t19-,23?,24-,28?/m1/s1. The van der Waals surface area contributed by atoms with Gasteiger partial charge in [0.15, 0.2) is 11.5 Å². The Morgan fingerprint density at radius 1 is 1.18 bits per heavy atom. The van der Waals surface area contributed by atoms with Crippen LogP contribution in [0.1, 0.15) is 56.6 Å². The molecular formula is C28H38N2O4. The highest BCUT2D eigenvalue weighted by atomic mass is 16.5. The van der Waals surface area contributed by atoms with Crippen molar-refractivity contribution >= 4 is 5.91 Å². The summed E-state index contributed by atoms with van der Waals surface area (Å²) < 4.78 is 11.9. The van der Waals surface area contributed by atoms with E-state index in [4.69, 9.17) is 15.2 Å². The number of rotatable bonds is 8. The molecule has 2 unspecified atom stereocenters. The zero-order valence-electron chi connectivity index (χ0n) is 20.6. The molecule has 34 heavy (non-hydrogen) atoms. The first-order valence-electron chi connectivity index (χ1n) is 12.4. The molecule has 1 saturated carbocycles. The van der Waals surface area contributed by atoms with Crippen LogP contribution in [0.3, 0.4) is 0 Å². The Balaban J connectivity index is 1.56. The zero-order valence-corrected chi connectivity index (χ0v) is 20.6. The van der Waals surface area contributed by atoms with Gasteiger partial charge in [-0.1, -0.05) is 43.3 Å². The van der Waals surface area contributed by atoms with E-state index in [0.29, 0.717) is 25.3 Å². The topological polar surface area (TPSA) is 85.0 Å². The fourth-order valence-corrected chi connectivity index (χ4v) is 5.47. The number of hydrogen-bond donors (Lipinski definition) is 2. The zero-order chi connectivity index (χ0) is 24.3. The van der Waals surface area contributed by atoms with E-state index in [1.807, 2.05) is 60.4 Å². The lowest BCUT2D eigenvalue weighted by Crippen LogP contribution is -2.45. The number of nitrogens with two attached hydrogens (primary N) is 1. The summed E-state index contributed by atoms with van der Waals surface area (Å²) in [7, 11) is 1.65. The largest absolute Gasteiger partial charge is 0.493 e. The lowest BCUT2D eigenvalue weighted by Gasteiger charge is -2.34. The van der Waals surface area contributed by atoms with Crippen LogP contribution in [0.25, 0.3) is 0 Å². The highest BCUT2D eigenvalue weighted by Crippen LogP contribution is 2.47. The molecule has 1 saturated heterocycles.